The van der Waals surface area contributed by atoms with E-state index in [1.165, 1.54) is 61.4 Å². The maximum atomic E-state index is 4.59. The van der Waals surface area contributed by atoms with Gasteiger partial charge in [0.05, 0.1) is 12.4 Å². The van der Waals surface area contributed by atoms with Crippen LogP contribution in [0.1, 0.15) is 41.7 Å². The summed E-state index contributed by atoms with van der Waals surface area (Å²) in [6, 6.07) is 25.7. The minimum atomic E-state index is 0. The van der Waals surface area contributed by atoms with Gasteiger partial charge in [0.25, 0.3) is 0 Å². The van der Waals surface area contributed by atoms with Crippen molar-refractivity contribution in [1.82, 2.24) is 19.1 Å². The van der Waals surface area contributed by atoms with Crippen LogP contribution in [-0.4, -0.2) is 22.4 Å². The Hall–Kier alpha value is -2.02. The van der Waals surface area contributed by atoms with Crippen LogP contribution in [0.2, 0.25) is 0 Å². The van der Waals surface area contributed by atoms with Gasteiger partial charge in [-0.25, -0.2) is 9.15 Å². The average molecular weight is 887 g/mol. The Kier molecular flexibility index (Phi) is 21.3. The number of rotatable bonds is 6. The van der Waals surface area contributed by atoms with Crippen LogP contribution < -0.4 is 58.8 Å². The topological polar surface area (TPSA) is 31.8 Å². The van der Waals surface area contributed by atoms with E-state index >= 15 is 0 Å². The Labute approximate surface area is 339 Å². The van der Waals surface area contributed by atoms with Crippen molar-refractivity contribution in [3.05, 3.63) is 117 Å². The molecule has 5 aromatic rings. The molecule has 0 N–H and O–H groups in total. The van der Waals surface area contributed by atoms with Gasteiger partial charge in [0.1, 0.15) is 23.8 Å². The summed E-state index contributed by atoms with van der Waals surface area (Å²) in [5.74, 6) is 1.83. The molecular formula is C37H37BrCl4Cu2N4+2. The molecule has 0 aliphatic heterocycles. The number of hydrogen-bond acceptors (Lipinski definition) is 2. The first-order valence-corrected chi connectivity index (χ1v) is 15.1. The quantitative estimate of drug-likeness (QED) is 0.112. The van der Waals surface area contributed by atoms with E-state index < -0.39 is 0 Å². The first-order chi connectivity index (χ1) is 20.2. The molecule has 0 saturated carbocycles. The van der Waals surface area contributed by atoms with Crippen LogP contribution in [0.25, 0.3) is 22.3 Å². The van der Waals surface area contributed by atoms with E-state index in [4.69, 9.17) is 0 Å². The molecule has 0 spiro atoms. The van der Waals surface area contributed by atoms with Gasteiger partial charge in [0, 0.05) is 16.6 Å². The summed E-state index contributed by atoms with van der Waals surface area (Å²) in [5, 5.41) is 0. The Morgan fingerprint density at radius 1 is 0.542 bits per heavy atom. The largest absolute Gasteiger partial charge is 2.00 e. The fourth-order valence-electron chi connectivity index (χ4n) is 6.01. The summed E-state index contributed by atoms with van der Waals surface area (Å²) in [4.78, 5) is 9.19. The number of aryl methyl sites for hydroxylation is 4. The first kappa shape index (κ1) is 48.1. The van der Waals surface area contributed by atoms with Gasteiger partial charge in [-0.15, -0.1) is 0 Å². The van der Waals surface area contributed by atoms with Gasteiger partial charge >= 0.3 is 45.8 Å². The molecule has 260 valence electrons. The summed E-state index contributed by atoms with van der Waals surface area (Å²) >= 11 is 3.83. The summed E-state index contributed by atoms with van der Waals surface area (Å²) in [6.45, 7) is 15.1. The third kappa shape index (κ3) is 10.0. The Morgan fingerprint density at radius 3 is 1.15 bits per heavy atom. The van der Waals surface area contributed by atoms with E-state index in [0.717, 1.165) is 16.1 Å². The van der Waals surface area contributed by atoms with Crippen molar-refractivity contribution in [2.45, 2.75) is 48.5 Å². The predicted octanol–water partition coefficient (Wildman–Crippen LogP) is -2.02. The van der Waals surface area contributed by atoms with E-state index in [1.54, 1.807) is 0 Å². The number of benzene rings is 3. The molecule has 2 heterocycles. The molecule has 48 heavy (non-hydrogen) atoms. The van der Waals surface area contributed by atoms with Crippen LogP contribution in [0.15, 0.2) is 89.7 Å². The molecule has 5 rings (SSSR count). The van der Waals surface area contributed by atoms with Gasteiger partial charge in [-0.1, -0.05) is 28.1 Å². The van der Waals surface area contributed by atoms with E-state index in [9.17, 15) is 0 Å². The molecular weight excluding hydrogens is 849 g/mol. The van der Waals surface area contributed by atoms with Crippen molar-refractivity contribution in [2.75, 3.05) is 0 Å². The van der Waals surface area contributed by atoms with Crippen molar-refractivity contribution in [3.63, 3.8) is 0 Å². The summed E-state index contributed by atoms with van der Waals surface area (Å²) in [6.07, 6.45) is 7.84. The van der Waals surface area contributed by atoms with Gasteiger partial charge in [-0.3, -0.25) is 0 Å². The second-order valence-corrected chi connectivity index (χ2v) is 11.6. The second kappa shape index (κ2) is 21.3. The molecule has 0 aliphatic rings. The van der Waals surface area contributed by atoms with Crippen LogP contribution in [0.4, 0.5) is 23.0 Å². The van der Waals surface area contributed by atoms with Crippen LogP contribution in [0.3, 0.4) is 0 Å². The van der Waals surface area contributed by atoms with Crippen LogP contribution in [0.5, 0.6) is 0 Å². The van der Waals surface area contributed by atoms with E-state index in [2.05, 4.69) is 132 Å². The fourth-order valence-corrected chi connectivity index (χ4v) is 6.46. The molecule has 0 unspecified atom stereocenters. The van der Waals surface area contributed by atoms with Crippen molar-refractivity contribution in [3.8, 4) is 22.3 Å². The molecule has 0 amide bonds. The molecule has 3 aromatic carbocycles. The van der Waals surface area contributed by atoms with Gasteiger partial charge in [-0.2, -0.15) is 0 Å². The number of halogens is 5. The Bertz CT molecular complexity index is 1690. The molecule has 2 radical (unpaired) electrons. The summed E-state index contributed by atoms with van der Waals surface area (Å²) < 4.78 is 5.40. The zero-order valence-corrected chi connectivity index (χ0v) is 34.0. The second-order valence-electron chi connectivity index (χ2n) is 10.7. The molecule has 2 aromatic heterocycles. The van der Waals surface area contributed by atoms with E-state index in [1.807, 2.05) is 48.8 Å². The number of pyridine rings is 2. The number of aromatic nitrogens is 2. The van der Waals surface area contributed by atoms with Crippen LogP contribution >= 0.6 is 15.9 Å². The molecule has 11 heteroatoms. The monoisotopic (exact) mass is 882 g/mol. The molecule has 0 atom stereocenters. The molecule has 0 aliphatic carbocycles. The summed E-state index contributed by atoms with van der Waals surface area (Å²) in [7, 11) is 0. The molecule has 0 bridgehead atoms. The van der Waals surface area contributed by atoms with Gasteiger partial charge in [-0.05, 0) is 157 Å². The van der Waals surface area contributed by atoms with Crippen molar-refractivity contribution < 1.29 is 83.8 Å². The van der Waals surface area contributed by atoms with Crippen LogP contribution in [-0.2, 0) is 34.1 Å². The van der Waals surface area contributed by atoms with E-state index in [0.29, 0.717) is 0 Å². The minimum Gasteiger partial charge on any atom is -1.00 e. The Morgan fingerprint density at radius 2 is 0.875 bits per heavy atom. The molecule has 0 saturated heterocycles. The van der Waals surface area contributed by atoms with Crippen molar-refractivity contribution >= 4 is 51.4 Å². The molecule has 4 nitrogen and oxygen atoms in total. The predicted molar refractivity (Wildman–Crippen MR) is 184 cm³/mol. The smallest absolute Gasteiger partial charge is 1.00 e. The zero-order valence-electron chi connectivity index (χ0n) is 27.5. The van der Waals surface area contributed by atoms with Crippen molar-refractivity contribution in [2.24, 2.45) is 0 Å². The van der Waals surface area contributed by atoms with Gasteiger partial charge in [0.15, 0.2) is 0 Å². The fraction of sp³-hybridized carbons (Fsp3) is 0.189. The van der Waals surface area contributed by atoms with Gasteiger partial charge in [0.2, 0.25) is 0 Å². The standard InChI is InChI=1S/C37H37BrN4.4ClH.2Cu/c1-8-41(34-14-10-12-16-39-34)36-24(3)18-29(19-25(36)4)32-22-31(38)23-33(28(32)7)30-20-26(5)37(27(6)21-30)42(9-2)35-15-11-13-17-40-35;;;;;;/h8-23H,1-7H3;4*1H;;/q+2;;;;;2*+2/p-4. The van der Waals surface area contributed by atoms with Crippen molar-refractivity contribution in [1.29, 1.82) is 0 Å². The molecule has 0 fully saturated rings. The maximum absolute atomic E-state index is 4.59. The minimum absolute atomic E-state index is 0. The number of hydrogen-bond donors (Lipinski definition) is 0. The van der Waals surface area contributed by atoms with Gasteiger partial charge < -0.3 is 49.6 Å². The third-order valence-corrected chi connectivity index (χ3v) is 8.22. The Balaban J connectivity index is 0. The SMILES string of the molecule is CC=[N+](c1ccccn1)c1c(C)cc(-c2cc(Br)cc(-c3cc(C)c([N+](=CC)c4ccccn4)c(C)c3)c2C)cc1C.[Cl-].[Cl-].[Cl-].[Cl-].[Cu+2].[Cu+2]. The van der Waals surface area contributed by atoms with Crippen LogP contribution in [0, 0.1) is 34.6 Å². The first-order valence-electron chi connectivity index (χ1n) is 14.3. The third-order valence-electron chi connectivity index (χ3n) is 7.77. The zero-order chi connectivity index (χ0) is 30.0. The maximum Gasteiger partial charge on any atom is 2.00 e. The number of nitrogens with zero attached hydrogens (tertiary/aromatic N) is 4. The summed E-state index contributed by atoms with van der Waals surface area (Å²) in [5.41, 5.74) is 13.3. The average Bonchev–Trinajstić information content (AvgIpc) is 2.98. The normalized spacial score (nSPS) is 10.6. The van der Waals surface area contributed by atoms with E-state index in [-0.39, 0.29) is 83.8 Å².